The number of nitrogens with one attached hydrogen (secondary N) is 1. The zero-order valence-corrected chi connectivity index (χ0v) is 14.3. The van der Waals surface area contributed by atoms with Gasteiger partial charge >= 0.3 is 0 Å². The van der Waals surface area contributed by atoms with Crippen molar-refractivity contribution in [1.29, 1.82) is 0 Å². The monoisotopic (exact) mass is 270 g/mol. The van der Waals surface area contributed by atoms with Crippen molar-refractivity contribution in [2.45, 2.75) is 85.7 Å². The van der Waals surface area contributed by atoms with E-state index in [0.29, 0.717) is 12.1 Å². The molecule has 0 bridgehead atoms. The van der Waals surface area contributed by atoms with Crippen LogP contribution in [0.3, 0.4) is 0 Å². The van der Waals surface area contributed by atoms with Crippen molar-refractivity contribution in [3.63, 3.8) is 0 Å². The Morgan fingerprint density at radius 2 is 1.63 bits per heavy atom. The van der Waals surface area contributed by atoms with Crippen molar-refractivity contribution in [2.24, 2.45) is 5.92 Å². The lowest BCUT2D eigenvalue weighted by Crippen LogP contribution is -2.51. The number of rotatable bonds is 12. The molecule has 0 aliphatic carbocycles. The third kappa shape index (κ3) is 7.31. The van der Waals surface area contributed by atoms with Crippen LogP contribution in [0.15, 0.2) is 0 Å². The Hall–Kier alpha value is -0.0800. The van der Waals surface area contributed by atoms with E-state index >= 15 is 0 Å². The van der Waals surface area contributed by atoms with Crippen LogP contribution in [0.1, 0.15) is 73.6 Å². The molecule has 0 heterocycles. The molecule has 0 aromatic carbocycles. The van der Waals surface area contributed by atoms with Crippen molar-refractivity contribution < 1.29 is 0 Å². The number of hydrogen-bond donors (Lipinski definition) is 1. The lowest BCUT2D eigenvalue weighted by Gasteiger charge is -2.38. The highest BCUT2D eigenvalue weighted by atomic mass is 15.2. The summed E-state index contributed by atoms with van der Waals surface area (Å²) in [4.78, 5) is 2.71. The zero-order chi connectivity index (χ0) is 14.7. The van der Waals surface area contributed by atoms with Crippen LogP contribution in [0.2, 0.25) is 0 Å². The molecule has 0 aliphatic rings. The summed E-state index contributed by atoms with van der Waals surface area (Å²) in [6.45, 7) is 17.5. The highest BCUT2D eigenvalue weighted by molar-refractivity contribution is 4.84. The highest BCUT2D eigenvalue weighted by Gasteiger charge is 2.24. The first-order chi connectivity index (χ1) is 9.14. The van der Waals surface area contributed by atoms with Gasteiger partial charge in [0, 0.05) is 18.6 Å². The lowest BCUT2D eigenvalue weighted by molar-refractivity contribution is 0.133. The summed E-state index contributed by atoms with van der Waals surface area (Å²) in [5.74, 6) is 0.808. The highest BCUT2D eigenvalue weighted by Crippen LogP contribution is 2.16. The van der Waals surface area contributed by atoms with E-state index in [2.05, 4.69) is 51.8 Å². The fraction of sp³-hybridized carbons (Fsp3) is 1.00. The molecular weight excluding hydrogens is 232 g/mol. The summed E-state index contributed by atoms with van der Waals surface area (Å²) < 4.78 is 0. The van der Waals surface area contributed by atoms with Gasteiger partial charge in [-0.2, -0.15) is 0 Å². The smallest absolute Gasteiger partial charge is 0.0246 e. The number of likely N-dealkylation sites (N-methyl/N-ethyl adjacent to an activating group) is 1. The van der Waals surface area contributed by atoms with Crippen molar-refractivity contribution in [2.75, 3.05) is 19.6 Å². The van der Waals surface area contributed by atoms with Gasteiger partial charge in [-0.1, -0.05) is 54.4 Å². The minimum atomic E-state index is 0.666. The van der Waals surface area contributed by atoms with E-state index in [1.165, 1.54) is 45.2 Å². The molecule has 0 aliphatic heterocycles. The van der Waals surface area contributed by atoms with Crippen LogP contribution in [-0.4, -0.2) is 36.6 Å². The Balaban J connectivity index is 4.65. The number of hydrogen-bond acceptors (Lipinski definition) is 2. The molecule has 0 radical (unpaired) electrons. The molecule has 0 saturated carbocycles. The standard InChI is InChI=1S/C17H38N2/c1-7-12-16(18-13-8-2)17(10-4)19(11-5)14-15(6)9-3/h15-18H,7-14H2,1-6H3. The maximum absolute atomic E-state index is 3.79. The van der Waals surface area contributed by atoms with Gasteiger partial charge < -0.3 is 5.32 Å². The molecule has 0 saturated heterocycles. The van der Waals surface area contributed by atoms with Gasteiger partial charge in [0.05, 0.1) is 0 Å². The Morgan fingerprint density at radius 1 is 0.947 bits per heavy atom. The Morgan fingerprint density at radius 3 is 2.05 bits per heavy atom. The van der Waals surface area contributed by atoms with E-state index in [0.717, 1.165) is 12.5 Å². The SMILES string of the molecule is CCCNC(CCC)C(CC)N(CC)CC(C)CC. The van der Waals surface area contributed by atoms with Crippen LogP contribution in [0, 0.1) is 5.92 Å². The number of nitrogens with zero attached hydrogens (tertiary/aromatic N) is 1. The molecule has 0 aromatic heterocycles. The molecule has 0 amide bonds. The van der Waals surface area contributed by atoms with Crippen LogP contribution in [-0.2, 0) is 0 Å². The van der Waals surface area contributed by atoms with Gasteiger partial charge in [-0.15, -0.1) is 0 Å². The first-order valence-electron chi connectivity index (χ1n) is 8.61. The quantitative estimate of drug-likeness (QED) is 0.569. The predicted octanol–water partition coefficient (Wildman–Crippen LogP) is 4.30. The second-order valence-electron chi connectivity index (χ2n) is 5.93. The van der Waals surface area contributed by atoms with Crippen LogP contribution < -0.4 is 5.32 Å². The molecule has 2 heteroatoms. The summed E-state index contributed by atoms with van der Waals surface area (Å²) in [6, 6.07) is 1.37. The first kappa shape index (κ1) is 18.9. The summed E-state index contributed by atoms with van der Waals surface area (Å²) in [5.41, 5.74) is 0. The normalized spacial score (nSPS) is 16.6. The van der Waals surface area contributed by atoms with Gasteiger partial charge in [-0.05, 0) is 38.3 Å². The van der Waals surface area contributed by atoms with E-state index in [4.69, 9.17) is 0 Å². The van der Waals surface area contributed by atoms with E-state index in [1.807, 2.05) is 0 Å². The van der Waals surface area contributed by atoms with E-state index in [9.17, 15) is 0 Å². The molecule has 0 aromatic rings. The molecule has 3 unspecified atom stereocenters. The lowest BCUT2D eigenvalue weighted by atomic mass is 9.97. The molecule has 116 valence electrons. The van der Waals surface area contributed by atoms with E-state index in [1.54, 1.807) is 0 Å². The first-order valence-corrected chi connectivity index (χ1v) is 8.61. The van der Waals surface area contributed by atoms with Crippen LogP contribution in [0.25, 0.3) is 0 Å². The fourth-order valence-corrected chi connectivity index (χ4v) is 2.90. The van der Waals surface area contributed by atoms with Gasteiger partial charge in [0.1, 0.15) is 0 Å². The molecule has 0 spiro atoms. The third-order valence-corrected chi connectivity index (χ3v) is 4.26. The summed E-state index contributed by atoms with van der Waals surface area (Å²) >= 11 is 0. The van der Waals surface area contributed by atoms with Crippen LogP contribution >= 0.6 is 0 Å². The van der Waals surface area contributed by atoms with Gasteiger partial charge in [-0.25, -0.2) is 0 Å². The van der Waals surface area contributed by atoms with Gasteiger partial charge in [0.2, 0.25) is 0 Å². The van der Waals surface area contributed by atoms with Crippen molar-refractivity contribution in [1.82, 2.24) is 10.2 Å². The third-order valence-electron chi connectivity index (χ3n) is 4.26. The minimum absolute atomic E-state index is 0.666. The maximum atomic E-state index is 3.79. The average molecular weight is 271 g/mol. The second-order valence-corrected chi connectivity index (χ2v) is 5.93. The minimum Gasteiger partial charge on any atom is -0.312 e. The Kier molecular flexibility index (Phi) is 11.7. The Labute approximate surface area is 122 Å². The summed E-state index contributed by atoms with van der Waals surface area (Å²) in [7, 11) is 0. The second kappa shape index (κ2) is 11.7. The van der Waals surface area contributed by atoms with Crippen LogP contribution in [0.5, 0.6) is 0 Å². The van der Waals surface area contributed by atoms with Crippen molar-refractivity contribution in [3.05, 3.63) is 0 Å². The van der Waals surface area contributed by atoms with E-state index < -0.39 is 0 Å². The Bertz CT molecular complexity index is 192. The van der Waals surface area contributed by atoms with Crippen molar-refractivity contribution >= 4 is 0 Å². The molecule has 2 nitrogen and oxygen atoms in total. The van der Waals surface area contributed by atoms with Crippen molar-refractivity contribution in [3.8, 4) is 0 Å². The zero-order valence-electron chi connectivity index (χ0n) is 14.3. The van der Waals surface area contributed by atoms with Gasteiger partial charge in [-0.3, -0.25) is 4.90 Å². The fourth-order valence-electron chi connectivity index (χ4n) is 2.90. The molecule has 0 rings (SSSR count). The molecule has 19 heavy (non-hydrogen) atoms. The van der Waals surface area contributed by atoms with E-state index in [-0.39, 0.29) is 0 Å². The topological polar surface area (TPSA) is 15.3 Å². The largest absolute Gasteiger partial charge is 0.312 e. The van der Waals surface area contributed by atoms with Gasteiger partial charge in [0.15, 0.2) is 0 Å². The maximum Gasteiger partial charge on any atom is 0.0246 e. The molecule has 1 N–H and O–H groups in total. The summed E-state index contributed by atoms with van der Waals surface area (Å²) in [5, 5.41) is 3.79. The average Bonchev–Trinajstić information content (AvgIpc) is 2.43. The van der Waals surface area contributed by atoms with Crippen LogP contribution in [0.4, 0.5) is 0 Å². The summed E-state index contributed by atoms with van der Waals surface area (Å²) in [6.07, 6.45) is 6.35. The van der Waals surface area contributed by atoms with Gasteiger partial charge in [0.25, 0.3) is 0 Å². The molecule has 0 fully saturated rings. The molecule has 3 atom stereocenters. The predicted molar refractivity (Wildman–Crippen MR) is 87.8 cm³/mol. The molecular formula is C17H38N2.